The second-order valence-electron chi connectivity index (χ2n) is 3.08. The minimum atomic E-state index is -0.228. The Kier molecular flexibility index (Phi) is 2.88. The number of aliphatic hydroxyl groups excluding tert-OH is 1. The van der Waals surface area contributed by atoms with Crippen LogP contribution in [0.1, 0.15) is 19.8 Å². The van der Waals surface area contributed by atoms with E-state index >= 15 is 0 Å². The second kappa shape index (κ2) is 3.72. The van der Waals surface area contributed by atoms with Gasteiger partial charge in [-0.25, -0.2) is 0 Å². The average molecular weight is 158 g/mol. The maximum Gasteiger partial charge on any atom is 0.302 e. The number of aliphatic hydroxyl groups is 1. The zero-order valence-corrected chi connectivity index (χ0v) is 6.75. The molecule has 0 aromatic rings. The normalized spacial score (nSPS) is 29.3. The molecule has 2 atom stereocenters. The summed E-state index contributed by atoms with van der Waals surface area (Å²) >= 11 is 0. The number of carbonyl (C=O) groups excluding carboxylic acids is 1. The van der Waals surface area contributed by atoms with Gasteiger partial charge in [0.2, 0.25) is 0 Å². The van der Waals surface area contributed by atoms with Gasteiger partial charge in [0.05, 0.1) is 6.61 Å². The zero-order chi connectivity index (χ0) is 8.27. The molecule has 11 heavy (non-hydrogen) atoms. The standard InChI is InChI=1S/C8H14O3/c1-6(10)11-5-8-3-2-7(8)4-9/h7-9H,2-5H2,1H3/t7-,8+/m1/s1. The lowest BCUT2D eigenvalue weighted by Gasteiger charge is -2.34. The molecule has 1 fully saturated rings. The van der Waals surface area contributed by atoms with E-state index in [4.69, 9.17) is 9.84 Å². The second-order valence-corrected chi connectivity index (χ2v) is 3.08. The van der Waals surface area contributed by atoms with Crippen molar-refractivity contribution in [2.24, 2.45) is 11.8 Å². The Hall–Kier alpha value is -0.570. The number of hydrogen-bond acceptors (Lipinski definition) is 3. The van der Waals surface area contributed by atoms with E-state index in [9.17, 15) is 4.79 Å². The van der Waals surface area contributed by atoms with Crippen molar-refractivity contribution in [1.82, 2.24) is 0 Å². The summed E-state index contributed by atoms with van der Waals surface area (Å²) in [6, 6.07) is 0. The predicted molar refractivity (Wildman–Crippen MR) is 39.9 cm³/mol. The maximum atomic E-state index is 10.4. The molecule has 1 rings (SSSR count). The SMILES string of the molecule is CC(=O)OC[C@@H]1CC[C@@H]1CO. The van der Waals surface area contributed by atoms with Crippen LogP contribution in [0, 0.1) is 11.8 Å². The van der Waals surface area contributed by atoms with Crippen LogP contribution in [-0.2, 0) is 9.53 Å². The van der Waals surface area contributed by atoms with E-state index in [2.05, 4.69) is 0 Å². The monoisotopic (exact) mass is 158 g/mol. The van der Waals surface area contributed by atoms with Crippen LogP contribution in [0.25, 0.3) is 0 Å². The van der Waals surface area contributed by atoms with E-state index in [0.29, 0.717) is 18.4 Å². The molecule has 1 aliphatic rings. The van der Waals surface area contributed by atoms with Crippen molar-refractivity contribution in [3.63, 3.8) is 0 Å². The summed E-state index contributed by atoms with van der Waals surface area (Å²) in [4.78, 5) is 10.4. The van der Waals surface area contributed by atoms with Crippen LogP contribution in [0.4, 0.5) is 0 Å². The molecule has 0 aromatic carbocycles. The summed E-state index contributed by atoms with van der Waals surface area (Å²) < 4.78 is 4.83. The first-order valence-electron chi connectivity index (χ1n) is 3.98. The van der Waals surface area contributed by atoms with Crippen LogP contribution in [-0.4, -0.2) is 24.3 Å². The van der Waals surface area contributed by atoms with Gasteiger partial charge in [0, 0.05) is 13.5 Å². The third kappa shape index (κ3) is 2.19. The molecule has 3 nitrogen and oxygen atoms in total. The van der Waals surface area contributed by atoms with Crippen molar-refractivity contribution in [3.8, 4) is 0 Å². The van der Waals surface area contributed by atoms with Gasteiger partial charge in [-0.15, -0.1) is 0 Å². The minimum Gasteiger partial charge on any atom is -0.466 e. The van der Waals surface area contributed by atoms with Crippen LogP contribution >= 0.6 is 0 Å². The molecular weight excluding hydrogens is 144 g/mol. The van der Waals surface area contributed by atoms with E-state index in [1.165, 1.54) is 6.92 Å². The maximum absolute atomic E-state index is 10.4. The van der Waals surface area contributed by atoms with Gasteiger partial charge in [-0.3, -0.25) is 4.79 Å². The van der Waals surface area contributed by atoms with Crippen molar-refractivity contribution >= 4 is 5.97 Å². The molecular formula is C8H14O3. The third-order valence-electron chi connectivity index (χ3n) is 2.31. The van der Waals surface area contributed by atoms with E-state index in [1.807, 2.05) is 0 Å². The van der Waals surface area contributed by atoms with Crippen molar-refractivity contribution in [2.45, 2.75) is 19.8 Å². The Labute approximate surface area is 66.4 Å². The molecule has 0 spiro atoms. The fourth-order valence-corrected chi connectivity index (χ4v) is 1.32. The van der Waals surface area contributed by atoms with E-state index < -0.39 is 0 Å². The highest BCUT2D eigenvalue weighted by atomic mass is 16.5. The molecule has 1 saturated carbocycles. The highest BCUT2D eigenvalue weighted by Crippen LogP contribution is 2.33. The highest BCUT2D eigenvalue weighted by molar-refractivity contribution is 5.65. The third-order valence-corrected chi connectivity index (χ3v) is 2.31. The molecule has 0 bridgehead atoms. The van der Waals surface area contributed by atoms with Gasteiger partial charge in [0.1, 0.15) is 0 Å². The van der Waals surface area contributed by atoms with Crippen LogP contribution in [0.15, 0.2) is 0 Å². The number of rotatable bonds is 3. The van der Waals surface area contributed by atoms with Crippen LogP contribution in [0.2, 0.25) is 0 Å². The molecule has 0 saturated heterocycles. The molecule has 0 aromatic heterocycles. The topological polar surface area (TPSA) is 46.5 Å². The van der Waals surface area contributed by atoms with Gasteiger partial charge in [-0.2, -0.15) is 0 Å². The quantitative estimate of drug-likeness (QED) is 0.611. The van der Waals surface area contributed by atoms with Crippen LogP contribution in [0.5, 0.6) is 0 Å². The Balaban J connectivity index is 2.12. The van der Waals surface area contributed by atoms with Crippen molar-refractivity contribution in [1.29, 1.82) is 0 Å². The van der Waals surface area contributed by atoms with E-state index in [0.717, 1.165) is 12.8 Å². The Bertz CT molecular complexity index is 142. The first-order valence-corrected chi connectivity index (χ1v) is 3.98. The lowest BCUT2D eigenvalue weighted by atomic mass is 9.75. The van der Waals surface area contributed by atoms with Gasteiger partial charge in [0.25, 0.3) is 0 Å². The smallest absolute Gasteiger partial charge is 0.302 e. The predicted octanol–water partition coefficient (Wildman–Crippen LogP) is 0.568. The van der Waals surface area contributed by atoms with Gasteiger partial charge in [-0.1, -0.05) is 0 Å². The molecule has 3 heteroatoms. The Morgan fingerprint density at radius 1 is 1.55 bits per heavy atom. The van der Waals surface area contributed by atoms with Crippen LogP contribution < -0.4 is 0 Å². The summed E-state index contributed by atoms with van der Waals surface area (Å²) in [7, 11) is 0. The lowest BCUT2D eigenvalue weighted by molar-refractivity contribution is -0.144. The van der Waals surface area contributed by atoms with Crippen LogP contribution in [0.3, 0.4) is 0 Å². The van der Waals surface area contributed by atoms with Crippen molar-refractivity contribution in [3.05, 3.63) is 0 Å². The summed E-state index contributed by atoms with van der Waals surface area (Å²) in [5.41, 5.74) is 0. The first-order chi connectivity index (χ1) is 5.24. The van der Waals surface area contributed by atoms with Gasteiger partial charge >= 0.3 is 5.97 Å². The summed E-state index contributed by atoms with van der Waals surface area (Å²) in [5, 5.41) is 8.78. The molecule has 1 N–H and O–H groups in total. The number of ether oxygens (including phenoxy) is 1. The average Bonchev–Trinajstić information content (AvgIpc) is 1.86. The molecule has 0 heterocycles. The largest absolute Gasteiger partial charge is 0.466 e. The van der Waals surface area contributed by atoms with Gasteiger partial charge in [-0.05, 0) is 24.7 Å². The number of carbonyl (C=O) groups is 1. The van der Waals surface area contributed by atoms with E-state index in [-0.39, 0.29) is 12.6 Å². The fourth-order valence-electron chi connectivity index (χ4n) is 1.32. The van der Waals surface area contributed by atoms with Gasteiger partial charge < -0.3 is 9.84 Å². The molecule has 0 unspecified atom stereocenters. The van der Waals surface area contributed by atoms with Crippen molar-refractivity contribution in [2.75, 3.05) is 13.2 Å². The fraction of sp³-hybridized carbons (Fsp3) is 0.875. The van der Waals surface area contributed by atoms with Gasteiger partial charge in [0.15, 0.2) is 0 Å². The minimum absolute atomic E-state index is 0.228. The highest BCUT2D eigenvalue weighted by Gasteiger charge is 2.30. The lowest BCUT2D eigenvalue weighted by Crippen LogP contribution is -2.32. The molecule has 0 amide bonds. The molecule has 0 radical (unpaired) electrons. The number of esters is 1. The summed E-state index contributed by atoms with van der Waals surface area (Å²) in [5.74, 6) is 0.548. The van der Waals surface area contributed by atoms with Crippen molar-refractivity contribution < 1.29 is 14.6 Å². The number of hydrogen-bond donors (Lipinski definition) is 1. The zero-order valence-electron chi connectivity index (χ0n) is 6.75. The summed E-state index contributed by atoms with van der Waals surface area (Å²) in [6.45, 7) is 2.12. The molecule has 0 aliphatic heterocycles. The van der Waals surface area contributed by atoms with E-state index in [1.54, 1.807) is 0 Å². The summed E-state index contributed by atoms with van der Waals surface area (Å²) in [6.07, 6.45) is 2.15. The Morgan fingerprint density at radius 2 is 2.18 bits per heavy atom. The molecule has 64 valence electrons. The first kappa shape index (κ1) is 8.53. The Morgan fingerprint density at radius 3 is 2.55 bits per heavy atom. The molecule has 1 aliphatic carbocycles.